The fraction of sp³-hybridized carbons (Fsp3) is 0.212. The monoisotopic (exact) mass is 659 g/mol. The highest BCUT2D eigenvalue weighted by atomic mass is 35.5. The van der Waals surface area contributed by atoms with Gasteiger partial charge in [-0.25, -0.2) is 14.5 Å². The zero-order valence-corrected chi connectivity index (χ0v) is 27.2. The van der Waals surface area contributed by atoms with E-state index in [0.29, 0.717) is 22.7 Å². The lowest BCUT2D eigenvalue weighted by molar-refractivity contribution is 0.262. The van der Waals surface area contributed by atoms with Crippen molar-refractivity contribution in [1.82, 2.24) is 19.7 Å². The van der Waals surface area contributed by atoms with E-state index in [9.17, 15) is 4.79 Å². The lowest BCUT2D eigenvalue weighted by Gasteiger charge is -2.14. The van der Waals surface area contributed by atoms with E-state index in [1.165, 1.54) is 17.7 Å². The molecule has 1 saturated carbocycles. The topological polar surface area (TPSA) is 106 Å². The highest BCUT2D eigenvalue weighted by Crippen LogP contribution is 2.41. The summed E-state index contributed by atoms with van der Waals surface area (Å²) in [6.07, 6.45) is 4.12. The van der Waals surface area contributed by atoms with Crippen LogP contribution in [0.15, 0.2) is 83.9 Å². The van der Waals surface area contributed by atoms with Crippen molar-refractivity contribution in [1.29, 1.82) is 0 Å². The summed E-state index contributed by atoms with van der Waals surface area (Å²) < 4.78 is 7.66. The Hall–Kier alpha value is -4.25. The van der Waals surface area contributed by atoms with Crippen LogP contribution >= 0.6 is 35.0 Å². The number of carbonyl (C=O) groups is 1. The molecule has 12 heteroatoms. The van der Waals surface area contributed by atoms with Crippen molar-refractivity contribution in [3.05, 3.63) is 100 Å². The minimum atomic E-state index is -0.503. The number of benzene rings is 3. The molecule has 0 atom stereocenters. The number of nitrogens with zero attached hydrogens (tertiary/aromatic N) is 4. The van der Waals surface area contributed by atoms with Crippen LogP contribution < -0.4 is 20.7 Å². The highest BCUT2D eigenvalue weighted by Gasteiger charge is 2.22. The van der Waals surface area contributed by atoms with Crippen molar-refractivity contribution in [3.8, 4) is 17.3 Å². The molecule has 5 aromatic rings. The molecular formula is C33H31Cl2N7O2S. The summed E-state index contributed by atoms with van der Waals surface area (Å²) in [5.74, 6) is 1.62. The van der Waals surface area contributed by atoms with Crippen LogP contribution in [0.3, 0.4) is 0 Å². The third-order valence-electron chi connectivity index (χ3n) is 6.90. The molecule has 1 fully saturated rings. The van der Waals surface area contributed by atoms with Crippen LogP contribution in [0.1, 0.15) is 43.9 Å². The Bertz CT molecular complexity index is 1840. The summed E-state index contributed by atoms with van der Waals surface area (Å²) in [5.41, 5.74) is 4.00. The number of anilines is 4. The quantitative estimate of drug-likeness (QED) is 0.137. The SMILES string of the molecule is Cc1ccc(-n2nc(C(C)C)cc2NC(=O)Nc2ccc(Oc3ccnc(Nc4cccc(SC5CC5)c4)n3)c(Cl)c2Cl)cc1. The van der Waals surface area contributed by atoms with Gasteiger partial charge in [0.05, 0.1) is 22.1 Å². The standard InChI is InChI=1S/C33H31Cl2N7O2S/c1-19(2)26-18-28(42(41-26)22-9-7-20(3)8-10-22)39-33(43)38-25-13-14-27(31(35)30(25)34)44-29-15-16-36-32(40-29)37-21-5-4-6-24(17-21)45-23-11-12-23/h4-10,13-19,23H,11-12H2,1-3H3,(H,36,37,40)(H2,38,39,43). The number of halogens is 2. The molecule has 3 N–H and O–H groups in total. The molecule has 45 heavy (non-hydrogen) atoms. The zero-order valence-electron chi connectivity index (χ0n) is 24.8. The van der Waals surface area contributed by atoms with Gasteiger partial charge in [0.2, 0.25) is 11.8 Å². The second-order valence-electron chi connectivity index (χ2n) is 11.0. The lowest BCUT2D eigenvalue weighted by atomic mass is 10.1. The number of aryl methyl sites for hydroxylation is 1. The van der Waals surface area contributed by atoms with Crippen molar-refractivity contribution in [3.63, 3.8) is 0 Å². The molecule has 0 unspecified atom stereocenters. The molecular weight excluding hydrogens is 629 g/mol. The fourth-order valence-corrected chi connectivity index (χ4v) is 5.87. The Kier molecular flexibility index (Phi) is 9.16. The normalized spacial score (nSPS) is 12.7. The Morgan fingerprint density at radius 2 is 1.80 bits per heavy atom. The Morgan fingerprint density at radius 1 is 1.00 bits per heavy atom. The van der Waals surface area contributed by atoms with Gasteiger partial charge in [0, 0.05) is 34.2 Å². The number of rotatable bonds is 10. The van der Waals surface area contributed by atoms with Gasteiger partial charge in [-0.3, -0.25) is 5.32 Å². The average molecular weight is 661 g/mol. The molecule has 1 aliphatic carbocycles. The summed E-state index contributed by atoms with van der Waals surface area (Å²) in [6.45, 7) is 6.11. The van der Waals surface area contributed by atoms with Crippen molar-refractivity contribution >= 4 is 64.1 Å². The molecule has 9 nitrogen and oxygen atoms in total. The van der Waals surface area contributed by atoms with Crippen LogP contribution in [-0.4, -0.2) is 31.0 Å². The van der Waals surface area contributed by atoms with Crippen LogP contribution in [0.4, 0.5) is 27.9 Å². The molecule has 0 aliphatic heterocycles. The molecule has 0 radical (unpaired) electrons. The number of nitrogens with one attached hydrogen (secondary N) is 3. The summed E-state index contributed by atoms with van der Waals surface area (Å²) in [7, 11) is 0. The lowest BCUT2D eigenvalue weighted by Crippen LogP contribution is -2.21. The minimum absolute atomic E-state index is 0.122. The summed E-state index contributed by atoms with van der Waals surface area (Å²) in [6, 6.07) is 22.2. The average Bonchev–Trinajstić information content (AvgIpc) is 3.73. The first-order chi connectivity index (χ1) is 21.7. The maximum atomic E-state index is 13.1. The van der Waals surface area contributed by atoms with E-state index in [4.69, 9.17) is 33.0 Å². The molecule has 0 saturated heterocycles. The zero-order chi connectivity index (χ0) is 31.5. The summed E-state index contributed by atoms with van der Waals surface area (Å²) in [4.78, 5) is 23.1. The third kappa shape index (κ3) is 7.70. The van der Waals surface area contributed by atoms with Gasteiger partial charge in [0.1, 0.15) is 16.6 Å². The number of hydrogen-bond acceptors (Lipinski definition) is 7. The van der Waals surface area contributed by atoms with E-state index < -0.39 is 6.03 Å². The number of thioether (sulfide) groups is 1. The van der Waals surface area contributed by atoms with E-state index in [1.807, 2.05) is 75.0 Å². The van der Waals surface area contributed by atoms with E-state index in [0.717, 1.165) is 22.6 Å². The molecule has 0 spiro atoms. The van der Waals surface area contributed by atoms with Crippen molar-refractivity contribution in [2.75, 3.05) is 16.0 Å². The fourth-order valence-electron chi connectivity index (χ4n) is 4.36. The van der Waals surface area contributed by atoms with Gasteiger partial charge in [0.25, 0.3) is 0 Å². The van der Waals surface area contributed by atoms with Gasteiger partial charge in [-0.1, -0.05) is 60.8 Å². The minimum Gasteiger partial charge on any atom is -0.437 e. The van der Waals surface area contributed by atoms with Crippen LogP contribution in [0.25, 0.3) is 5.69 Å². The van der Waals surface area contributed by atoms with E-state index >= 15 is 0 Å². The highest BCUT2D eigenvalue weighted by molar-refractivity contribution is 8.00. The Morgan fingerprint density at radius 3 is 2.56 bits per heavy atom. The molecule has 0 bridgehead atoms. The van der Waals surface area contributed by atoms with Gasteiger partial charge in [-0.15, -0.1) is 11.8 Å². The van der Waals surface area contributed by atoms with Crippen LogP contribution in [0, 0.1) is 6.92 Å². The van der Waals surface area contributed by atoms with Crippen LogP contribution in [0.2, 0.25) is 10.0 Å². The van der Waals surface area contributed by atoms with E-state index in [1.54, 1.807) is 29.1 Å². The van der Waals surface area contributed by atoms with E-state index in [-0.39, 0.29) is 27.6 Å². The predicted molar refractivity (Wildman–Crippen MR) is 182 cm³/mol. The van der Waals surface area contributed by atoms with E-state index in [2.05, 4.69) is 38.1 Å². The number of urea groups is 1. The Balaban J connectivity index is 1.13. The maximum absolute atomic E-state index is 13.1. The number of amides is 2. The van der Waals surface area contributed by atoms with Gasteiger partial charge < -0.3 is 15.4 Å². The first-order valence-corrected chi connectivity index (χ1v) is 16.1. The number of carbonyl (C=O) groups excluding carboxylic acids is 1. The third-order valence-corrected chi connectivity index (χ3v) is 9.09. The second kappa shape index (κ2) is 13.4. The van der Waals surface area contributed by atoms with Crippen molar-refractivity contribution in [2.24, 2.45) is 0 Å². The number of aromatic nitrogens is 4. The maximum Gasteiger partial charge on any atom is 0.324 e. The molecule has 3 aromatic carbocycles. The molecule has 1 aliphatic rings. The molecule has 2 heterocycles. The largest absolute Gasteiger partial charge is 0.437 e. The Labute approximate surface area is 275 Å². The van der Waals surface area contributed by atoms with Crippen LogP contribution in [0.5, 0.6) is 11.6 Å². The summed E-state index contributed by atoms with van der Waals surface area (Å²) >= 11 is 15.0. The predicted octanol–water partition coefficient (Wildman–Crippen LogP) is 9.84. The van der Waals surface area contributed by atoms with Gasteiger partial charge in [-0.05, 0) is 68.1 Å². The van der Waals surface area contributed by atoms with Crippen LogP contribution in [-0.2, 0) is 0 Å². The summed E-state index contributed by atoms with van der Waals surface area (Å²) in [5, 5.41) is 14.5. The smallest absolute Gasteiger partial charge is 0.324 e. The second-order valence-corrected chi connectivity index (χ2v) is 13.1. The van der Waals surface area contributed by atoms with Gasteiger partial charge >= 0.3 is 6.03 Å². The van der Waals surface area contributed by atoms with Gasteiger partial charge in [0.15, 0.2) is 0 Å². The van der Waals surface area contributed by atoms with Crippen molar-refractivity contribution < 1.29 is 9.53 Å². The van der Waals surface area contributed by atoms with Crippen molar-refractivity contribution in [2.45, 2.75) is 49.7 Å². The number of hydrogen-bond donors (Lipinski definition) is 3. The first-order valence-electron chi connectivity index (χ1n) is 14.5. The first kappa shape index (κ1) is 30.8. The molecule has 230 valence electrons. The molecule has 6 rings (SSSR count). The van der Waals surface area contributed by atoms with Gasteiger partial charge in [-0.2, -0.15) is 10.1 Å². The molecule has 2 amide bonds. The number of ether oxygens (including phenoxy) is 1. The molecule has 2 aromatic heterocycles.